The average Bonchev–Trinajstić information content (AvgIpc) is 3.05. The molecule has 0 atom stereocenters. The van der Waals surface area contributed by atoms with Gasteiger partial charge < -0.3 is 4.74 Å². The Hall–Kier alpha value is -2.20. The smallest absolute Gasteiger partial charge is 0.416 e. The van der Waals surface area contributed by atoms with Crippen LogP contribution in [0, 0.1) is 6.92 Å². The number of ether oxygens (including phenoxy) is 1. The zero-order valence-corrected chi connectivity index (χ0v) is 17.4. The highest BCUT2D eigenvalue weighted by atomic mass is 32.2. The Balaban J connectivity index is 2.06. The van der Waals surface area contributed by atoms with Crippen LogP contribution in [0.3, 0.4) is 0 Å². The number of H-pyrrole nitrogens is 1. The Morgan fingerprint density at radius 2 is 2.00 bits per heavy atom. The summed E-state index contributed by atoms with van der Waals surface area (Å²) in [6.07, 6.45) is -2.64. The fourth-order valence-electron chi connectivity index (χ4n) is 2.91. The number of carbonyl (C=O) groups excluding carboxylic acids is 1. The van der Waals surface area contributed by atoms with Gasteiger partial charge in [-0.25, -0.2) is 14.3 Å². The molecule has 0 amide bonds. The van der Waals surface area contributed by atoms with E-state index in [1.165, 1.54) is 6.07 Å². The van der Waals surface area contributed by atoms with Crippen molar-refractivity contribution in [2.45, 2.75) is 30.5 Å². The van der Waals surface area contributed by atoms with Gasteiger partial charge in [0, 0.05) is 6.42 Å². The Kier molecular flexibility index (Phi) is 5.86. The van der Waals surface area contributed by atoms with Gasteiger partial charge in [-0.2, -0.15) is 13.2 Å². The molecule has 0 aliphatic heterocycles. The second-order valence-electron chi connectivity index (χ2n) is 6.51. The quantitative estimate of drug-likeness (QED) is 0.244. The molecule has 10 heteroatoms. The summed E-state index contributed by atoms with van der Waals surface area (Å²) in [6.45, 7) is 3.73. The number of hydrogen-bond acceptors (Lipinski definition) is 5. The second-order valence-corrected chi connectivity index (χ2v) is 8.39. The van der Waals surface area contributed by atoms with Crippen LogP contribution in [0.2, 0.25) is 0 Å². The minimum Gasteiger partial charge on any atom is -0.464 e. The van der Waals surface area contributed by atoms with Gasteiger partial charge in [-0.15, -0.1) is 25.3 Å². The molecule has 3 rings (SSSR count). The maximum atomic E-state index is 13.0. The van der Waals surface area contributed by atoms with Crippen molar-refractivity contribution in [3.8, 4) is 5.95 Å². The van der Waals surface area contributed by atoms with Crippen molar-refractivity contribution < 1.29 is 27.3 Å². The number of nitrogens with zero attached hydrogens (tertiary/aromatic N) is 2. The number of thiol groups is 2. The van der Waals surface area contributed by atoms with E-state index in [-0.39, 0.29) is 18.5 Å². The molecule has 0 saturated carbocycles. The lowest BCUT2D eigenvalue weighted by atomic mass is 10.1. The Morgan fingerprint density at radius 3 is 2.66 bits per heavy atom. The Labute approximate surface area is 176 Å². The summed E-state index contributed by atoms with van der Waals surface area (Å²) in [7, 11) is 0. The summed E-state index contributed by atoms with van der Waals surface area (Å²) in [5, 5.41) is 0. The van der Waals surface area contributed by atoms with Gasteiger partial charge in [-0.05, 0) is 43.7 Å². The second kappa shape index (κ2) is 7.91. The number of aromatic nitrogens is 3. The van der Waals surface area contributed by atoms with E-state index in [1.54, 1.807) is 23.8 Å². The highest BCUT2D eigenvalue weighted by Gasteiger charge is 2.36. The number of imidazole rings is 1. The third-order valence-corrected chi connectivity index (χ3v) is 5.05. The Morgan fingerprint density at radius 1 is 1.28 bits per heavy atom. The number of alkyl halides is 3. The molecule has 2 aromatic heterocycles. The van der Waals surface area contributed by atoms with Crippen molar-refractivity contribution in [2.24, 2.45) is 0 Å². The van der Waals surface area contributed by atoms with Crippen LogP contribution in [0.1, 0.15) is 23.7 Å². The molecule has 0 aliphatic carbocycles. The number of halogens is 3. The van der Waals surface area contributed by atoms with Crippen LogP contribution in [0.4, 0.5) is 13.2 Å². The fourth-order valence-corrected chi connectivity index (χ4v) is 3.34. The topological polar surface area (TPSA) is 58.9 Å². The van der Waals surface area contributed by atoms with E-state index in [9.17, 15) is 18.0 Å². The van der Waals surface area contributed by atoms with Gasteiger partial charge in [0.05, 0.1) is 24.1 Å². The lowest BCUT2D eigenvalue weighted by molar-refractivity contribution is -0.612. The van der Waals surface area contributed by atoms with E-state index >= 15 is 0 Å². The summed E-state index contributed by atoms with van der Waals surface area (Å²) in [5.74, 6) is -0.264. The number of fused-ring (bicyclic) bond motifs is 1. The average molecular weight is 443 g/mol. The Bertz CT molecular complexity index is 1060. The molecule has 0 saturated heterocycles. The predicted octanol–water partition coefficient (Wildman–Crippen LogP) is 3.83. The van der Waals surface area contributed by atoms with Crippen molar-refractivity contribution in [3.63, 3.8) is 0 Å². The first-order valence-electron chi connectivity index (χ1n) is 8.72. The molecule has 3 aromatic rings. The van der Waals surface area contributed by atoms with E-state index in [1.807, 2.05) is 13.0 Å². The highest BCUT2D eigenvalue weighted by molar-refractivity contribution is 8.01. The van der Waals surface area contributed by atoms with Crippen molar-refractivity contribution >= 4 is 42.3 Å². The molecule has 0 radical (unpaired) electrons. The minimum atomic E-state index is -4.45. The maximum Gasteiger partial charge on any atom is 0.416 e. The summed E-state index contributed by atoms with van der Waals surface area (Å²) in [4.78, 5) is 19.5. The first-order chi connectivity index (χ1) is 13.5. The summed E-state index contributed by atoms with van der Waals surface area (Å²) >= 11 is 8.70. The van der Waals surface area contributed by atoms with Crippen LogP contribution in [-0.4, -0.2) is 26.6 Å². The SMILES string of the molecule is CCOC(=O)C(S)(S)Cc1c(C)ccc[n+]1-c1nc2ccc(C(F)(F)F)cc2[nH]1. The van der Waals surface area contributed by atoms with Gasteiger partial charge in [0.2, 0.25) is 0 Å². The van der Waals surface area contributed by atoms with Crippen molar-refractivity contribution in [2.75, 3.05) is 6.61 Å². The monoisotopic (exact) mass is 442 g/mol. The van der Waals surface area contributed by atoms with Gasteiger partial charge in [0.15, 0.2) is 9.60 Å². The number of benzene rings is 1. The molecular weight excluding hydrogens is 423 g/mol. The molecule has 1 N–H and O–H groups in total. The number of aryl methyl sites for hydroxylation is 1. The van der Waals surface area contributed by atoms with E-state index in [0.717, 1.165) is 17.7 Å². The number of carbonyl (C=O) groups is 1. The van der Waals surface area contributed by atoms with Crippen molar-refractivity contribution in [3.05, 3.63) is 53.3 Å². The van der Waals surface area contributed by atoms with Crippen LogP contribution in [0.5, 0.6) is 0 Å². The third kappa shape index (κ3) is 4.53. The van der Waals surface area contributed by atoms with Crippen molar-refractivity contribution in [1.82, 2.24) is 9.97 Å². The lowest BCUT2D eigenvalue weighted by Crippen LogP contribution is -2.42. The van der Waals surface area contributed by atoms with Gasteiger partial charge in [-0.1, -0.05) is 11.1 Å². The molecule has 0 bridgehead atoms. The number of esters is 1. The van der Waals surface area contributed by atoms with Crippen LogP contribution < -0.4 is 4.57 Å². The van der Waals surface area contributed by atoms with Gasteiger partial charge in [0.25, 0.3) is 0 Å². The first kappa shape index (κ1) is 21.5. The van der Waals surface area contributed by atoms with Crippen LogP contribution in [0.25, 0.3) is 17.0 Å². The number of nitrogens with one attached hydrogen (secondary N) is 1. The summed E-state index contributed by atoms with van der Waals surface area (Å²) in [5.41, 5.74) is 1.38. The molecule has 0 fully saturated rings. The fraction of sp³-hybridized carbons (Fsp3) is 0.316. The molecule has 5 nitrogen and oxygen atoms in total. The van der Waals surface area contributed by atoms with E-state index in [0.29, 0.717) is 17.2 Å². The number of aromatic amines is 1. The molecule has 29 heavy (non-hydrogen) atoms. The normalized spacial score (nSPS) is 12.4. The van der Waals surface area contributed by atoms with E-state index in [2.05, 4.69) is 35.2 Å². The summed E-state index contributed by atoms with van der Waals surface area (Å²) in [6, 6.07) is 6.94. The maximum absolute atomic E-state index is 13.0. The van der Waals surface area contributed by atoms with Gasteiger partial charge >= 0.3 is 18.1 Å². The molecule has 1 aromatic carbocycles. The van der Waals surface area contributed by atoms with Crippen LogP contribution in [0.15, 0.2) is 36.5 Å². The molecule has 0 unspecified atom stereocenters. The summed E-state index contributed by atoms with van der Waals surface area (Å²) < 4.78 is 44.3. The zero-order valence-electron chi connectivity index (χ0n) is 15.6. The van der Waals surface area contributed by atoms with Crippen LogP contribution >= 0.6 is 25.3 Å². The van der Waals surface area contributed by atoms with Gasteiger partial charge in [-0.3, -0.25) is 0 Å². The largest absolute Gasteiger partial charge is 0.464 e. The van der Waals surface area contributed by atoms with Crippen LogP contribution in [-0.2, 0) is 22.1 Å². The highest BCUT2D eigenvalue weighted by Crippen LogP contribution is 2.31. The van der Waals surface area contributed by atoms with Gasteiger partial charge in [0.1, 0.15) is 5.52 Å². The van der Waals surface area contributed by atoms with E-state index in [4.69, 9.17) is 4.74 Å². The van der Waals surface area contributed by atoms with E-state index < -0.39 is 21.8 Å². The van der Waals surface area contributed by atoms with Crippen molar-refractivity contribution in [1.29, 1.82) is 0 Å². The number of rotatable bonds is 5. The molecular formula is C19H19F3N3O2S2+. The number of pyridine rings is 1. The third-order valence-electron chi connectivity index (χ3n) is 4.37. The molecule has 0 spiro atoms. The molecule has 154 valence electrons. The molecule has 2 heterocycles. The predicted molar refractivity (Wildman–Crippen MR) is 108 cm³/mol. The first-order valence-corrected chi connectivity index (χ1v) is 9.62. The lowest BCUT2D eigenvalue weighted by Gasteiger charge is -2.21. The minimum absolute atomic E-state index is 0.107. The number of hydrogen-bond donors (Lipinski definition) is 3. The molecule has 0 aliphatic rings. The standard InChI is InChI=1S/C19H18F3N3O2S2/c1-3-27-16(26)18(28,29)10-15-11(2)5-4-8-25(15)17-23-13-7-6-12(19(20,21)22)9-14(13)24-17/h4-9H,3,10H2,1-2H3,(H2-,23,24,28,29)/p+1. The zero-order chi connectivity index (χ0) is 21.4.